The van der Waals surface area contributed by atoms with E-state index in [2.05, 4.69) is 79.6 Å². The van der Waals surface area contributed by atoms with E-state index >= 15 is 0 Å². The van der Waals surface area contributed by atoms with Crippen molar-refractivity contribution in [2.45, 2.75) is 22.5 Å². The van der Waals surface area contributed by atoms with Crippen molar-refractivity contribution >= 4 is 97.4 Å². The van der Waals surface area contributed by atoms with Crippen LogP contribution in [0.2, 0.25) is 0 Å². The summed E-state index contributed by atoms with van der Waals surface area (Å²) >= 11 is 17.1. The average Bonchev–Trinajstić information content (AvgIpc) is 2.73. The van der Waals surface area contributed by atoms with Crippen molar-refractivity contribution in [1.82, 2.24) is 4.90 Å². The number of imide groups is 3. The van der Waals surface area contributed by atoms with Gasteiger partial charge in [-0.3, -0.25) is 14.4 Å². The van der Waals surface area contributed by atoms with E-state index < -0.39 is 29.6 Å². The summed E-state index contributed by atoms with van der Waals surface area (Å²) in [5, 5.41) is 0. The second-order valence-electron chi connectivity index (χ2n) is 5.73. The molecule has 0 radical (unpaired) electrons. The van der Waals surface area contributed by atoms with Crippen LogP contribution in [0.5, 0.6) is 0 Å². The van der Waals surface area contributed by atoms with Gasteiger partial charge in [-0.2, -0.15) is 0 Å². The van der Waals surface area contributed by atoms with E-state index in [1.54, 1.807) is 12.1 Å². The van der Waals surface area contributed by atoms with Gasteiger partial charge in [0.2, 0.25) is 11.8 Å². The van der Waals surface area contributed by atoms with Crippen LogP contribution in [0, 0.1) is 11.8 Å². The van der Waals surface area contributed by atoms with Gasteiger partial charge in [0.25, 0.3) is 5.91 Å². The Hall–Kier alpha value is 0.430. The van der Waals surface area contributed by atoms with Gasteiger partial charge in [-0.25, -0.2) is 4.90 Å². The molecule has 4 nitrogen and oxygen atoms in total. The molecule has 1 aromatic rings. The Bertz CT molecular complexity index is 730. The van der Waals surface area contributed by atoms with Crippen molar-refractivity contribution in [1.29, 1.82) is 0 Å². The molecule has 1 heterocycles. The lowest BCUT2D eigenvalue weighted by atomic mass is 9.81. The number of amides is 3. The number of halogens is 5. The van der Waals surface area contributed by atoms with Crippen molar-refractivity contribution in [2.75, 3.05) is 0 Å². The van der Waals surface area contributed by atoms with Gasteiger partial charge >= 0.3 is 0 Å². The smallest absolute Gasteiger partial charge is 0.269 e. The number of hydrogen-bond acceptors (Lipinski definition) is 3. The van der Waals surface area contributed by atoms with E-state index in [0.717, 1.165) is 15.8 Å². The van der Waals surface area contributed by atoms with Gasteiger partial charge in [0.05, 0.1) is 17.4 Å². The molecule has 9 heteroatoms. The van der Waals surface area contributed by atoms with Crippen LogP contribution < -0.4 is 0 Å². The molecule has 1 saturated carbocycles. The molecule has 2 fully saturated rings. The first-order valence-electron chi connectivity index (χ1n) is 7.09. The Labute approximate surface area is 180 Å². The van der Waals surface area contributed by atoms with Gasteiger partial charge < -0.3 is 0 Å². The lowest BCUT2D eigenvalue weighted by Crippen LogP contribution is -2.39. The van der Waals surface area contributed by atoms with Crippen molar-refractivity contribution < 1.29 is 14.4 Å². The minimum Gasteiger partial charge on any atom is -0.274 e. The Balaban J connectivity index is 2.00. The van der Waals surface area contributed by atoms with Crippen molar-refractivity contribution in [3.05, 3.63) is 31.1 Å². The molecule has 4 unspecified atom stereocenters. The predicted octanol–water partition coefficient (Wildman–Crippen LogP) is 5.04. The van der Waals surface area contributed by atoms with Crippen LogP contribution in [0.4, 0.5) is 0 Å². The van der Waals surface area contributed by atoms with Crippen LogP contribution in [-0.4, -0.2) is 32.3 Å². The molecule has 0 bridgehead atoms. The quantitative estimate of drug-likeness (QED) is 0.316. The number of alkyl halides is 2. The molecule has 3 rings (SSSR count). The first kappa shape index (κ1) is 19.2. The zero-order valence-corrected chi connectivity index (χ0v) is 19.9. The normalized spacial score (nSPS) is 29.8. The summed E-state index contributed by atoms with van der Waals surface area (Å²) in [4.78, 5) is 39.2. The van der Waals surface area contributed by atoms with Gasteiger partial charge in [-0.05, 0) is 56.8 Å². The van der Waals surface area contributed by atoms with Crippen LogP contribution in [0.25, 0.3) is 0 Å². The Morgan fingerprint density at radius 2 is 1.58 bits per heavy atom. The first-order chi connectivity index (χ1) is 11.2. The number of nitrogens with zero attached hydrogens (tertiary/aromatic N) is 1. The second-order valence-corrected chi connectivity index (χ2v) is 10.6. The molecule has 128 valence electrons. The SMILES string of the molecule is O=C(c1c(Br)cc(Br)cc1Br)N1C(=O)C2CCC(Br)C(Br)C2C1=O. The van der Waals surface area contributed by atoms with E-state index in [0.29, 0.717) is 15.4 Å². The fourth-order valence-corrected chi connectivity index (χ4v) is 7.24. The third-order valence-electron chi connectivity index (χ3n) is 4.34. The molecule has 0 N–H and O–H groups in total. The maximum atomic E-state index is 12.9. The lowest BCUT2D eigenvalue weighted by Gasteiger charge is -2.30. The predicted molar refractivity (Wildman–Crippen MR) is 107 cm³/mol. The van der Waals surface area contributed by atoms with Crippen molar-refractivity contribution in [3.63, 3.8) is 0 Å². The summed E-state index contributed by atoms with van der Waals surface area (Å²) in [6.07, 6.45) is 1.38. The number of rotatable bonds is 1. The monoisotopic (exact) mass is 647 g/mol. The molecule has 0 aromatic heterocycles. The summed E-state index contributed by atoms with van der Waals surface area (Å²) in [5.74, 6) is -2.38. The molecule has 0 spiro atoms. The Kier molecular flexibility index (Phi) is 5.77. The molecule has 24 heavy (non-hydrogen) atoms. The Morgan fingerprint density at radius 3 is 2.17 bits per heavy atom. The van der Waals surface area contributed by atoms with E-state index in [4.69, 9.17) is 0 Å². The average molecular weight is 652 g/mol. The molecular weight excluding hydrogens is 642 g/mol. The minimum absolute atomic E-state index is 0.108. The van der Waals surface area contributed by atoms with Crippen molar-refractivity contribution in [2.24, 2.45) is 11.8 Å². The second kappa shape index (κ2) is 7.21. The van der Waals surface area contributed by atoms with Crippen LogP contribution in [-0.2, 0) is 9.59 Å². The third-order valence-corrected chi connectivity index (χ3v) is 9.00. The maximum absolute atomic E-state index is 12.9. The van der Waals surface area contributed by atoms with Gasteiger partial charge in [0.1, 0.15) is 0 Å². The van der Waals surface area contributed by atoms with E-state index in [-0.39, 0.29) is 15.2 Å². The van der Waals surface area contributed by atoms with E-state index in [1.165, 1.54) is 0 Å². The fourth-order valence-electron chi connectivity index (χ4n) is 3.19. The van der Waals surface area contributed by atoms with Crippen LogP contribution in [0.15, 0.2) is 25.6 Å². The van der Waals surface area contributed by atoms with Crippen LogP contribution in [0.1, 0.15) is 23.2 Å². The number of likely N-dealkylation sites (tertiary alicyclic amines) is 1. The van der Waals surface area contributed by atoms with E-state index in [9.17, 15) is 14.4 Å². The molecule has 4 atom stereocenters. The number of benzene rings is 1. The lowest BCUT2D eigenvalue weighted by molar-refractivity contribution is -0.136. The summed E-state index contributed by atoms with van der Waals surface area (Å²) in [5.41, 5.74) is 0.264. The number of fused-ring (bicyclic) bond motifs is 1. The minimum atomic E-state index is -0.600. The van der Waals surface area contributed by atoms with Gasteiger partial charge in [0, 0.05) is 23.1 Å². The number of carbonyl (C=O) groups excluding carboxylic acids is 3. The highest BCUT2D eigenvalue weighted by atomic mass is 79.9. The maximum Gasteiger partial charge on any atom is 0.269 e. The molecule has 1 aliphatic heterocycles. The van der Waals surface area contributed by atoms with E-state index in [1.807, 2.05) is 0 Å². The molecule has 1 aromatic carbocycles. The highest BCUT2D eigenvalue weighted by Gasteiger charge is 2.56. The summed E-state index contributed by atoms with van der Waals surface area (Å²) in [7, 11) is 0. The fraction of sp³-hybridized carbons (Fsp3) is 0.400. The standard InChI is InChI=1S/C15H10Br5NO3/c16-5-3-8(18)11(9(19)4-5)15(24)21-13(22)6-1-2-7(17)12(20)10(6)14(21)23/h3-4,6-7,10,12H,1-2H2. The van der Waals surface area contributed by atoms with Gasteiger partial charge in [-0.1, -0.05) is 47.8 Å². The summed E-state index contributed by atoms with van der Waals surface area (Å²) in [6.45, 7) is 0. The first-order valence-corrected chi connectivity index (χ1v) is 11.3. The molecular formula is C15H10Br5NO3. The zero-order valence-electron chi connectivity index (χ0n) is 11.9. The third kappa shape index (κ3) is 3.12. The highest BCUT2D eigenvalue weighted by molar-refractivity contribution is 9.12. The number of hydrogen-bond donors (Lipinski definition) is 0. The van der Waals surface area contributed by atoms with Gasteiger partial charge in [0.15, 0.2) is 0 Å². The Morgan fingerprint density at radius 1 is 1.00 bits per heavy atom. The van der Waals surface area contributed by atoms with Crippen molar-refractivity contribution in [3.8, 4) is 0 Å². The number of carbonyl (C=O) groups is 3. The van der Waals surface area contributed by atoms with Crippen LogP contribution >= 0.6 is 79.6 Å². The van der Waals surface area contributed by atoms with Gasteiger partial charge in [-0.15, -0.1) is 0 Å². The summed E-state index contributed by atoms with van der Waals surface area (Å²) < 4.78 is 1.80. The molecule has 3 amide bonds. The highest BCUT2D eigenvalue weighted by Crippen LogP contribution is 2.45. The topological polar surface area (TPSA) is 54.5 Å². The summed E-state index contributed by atoms with van der Waals surface area (Å²) in [6, 6.07) is 3.41. The largest absolute Gasteiger partial charge is 0.274 e. The zero-order chi connectivity index (χ0) is 17.8. The molecule has 2 aliphatic rings. The molecule has 1 aliphatic carbocycles. The molecule has 1 saturated heterocycles. The van der Waals surface area contributed by atoms with Crippen LogP contribution in [0.3, 0.4) is 0 Å².